The molecule has 1 aromatic rings. The second-order valence-corrected chi connectivity index (χ2v) is 5.35. The van der Waals surface area contributed by atoms with E-state index in [1.54, 1.807) is 11.1 Å². The summed E-state index contributed by atoms with van der Waals surface area (Å²) in [5.74, 6) is 0.787. The first-order valence-corrected chi connectivity index (χ1v) is 6.70. The van der Waals surface area contributed by atoms with Crippen molar-refractivity contribution in [3.63, 3.8) is 0 Å². The highest BCUT2D eigenvalue weighted by atomic mass is 14.3. The first-order valence-electron chi connectivity index (χ1n) is 6.70. The van der Waals surface area contributed by atoms with Gasteiger partial charge in [0, 0.05) is 0 Å². The van der Waals surface area contributed by atoms with Crippen molar-refractivity contribution in [2.24, 2.45) is 5.41 Å². The molecule has 2 rings (SSSR count). The van der Waals surface area contributed by atoms with E-state index in [0.29, 0.717) is 5.41 Å². The number of hydrogen-bond acceptors (Lipinski definition) is 0. The van der Waals surface area contributed by atoms with Crippen molar-refractivity contribution >= 4 is 0 Å². The maximum absolute atomic E-state index is 2.39. The van der Waals surface area contributed by atoms with E-state index in [4.69, 9.17) is 0 Å². The molecule has 0 aromatic heterocycles. The van der Waals surface area contributed by atoms with Gasteiger partial charge < -0.3 is 0 Å². The van der Waals surface area contributed by atoms with E-state index in [1.807, 2.05) is 13.8 Å². The third kappa shape index (κ3) is 2.87. The van der Waals surface area contributed by atoms with Crippen molar-refractivity contribution in [1.82, 2.24) is 0 Å². The summed E-state index contributed by atoms with van der Waals surface area (Å²) in [5.41, 5.74) is 3.68. The Balaban J connectivity index is 0.000000606. The Hall–Kier alpha value is -0.780. The molecule has 0 saturated heterocycles. The summed E-state index contributed by atoms with van der Waals surface area (Å²) < 4.78 is 0. The maximum atomic E-state index is 2.39. The lowest BCUT2D eigenvalue weighted by atomic mass is 9.68. The summed E-state index contributed by atoms with van der Waals surface area (Å²) in [6.45, 7) is 11.1. The van der Waals surface area contributed by atoms with Crippen molar-refractivity contribution in [2.75, 3.05) is 0 Å². The van der Waals surface area contributed by atoms with Crippen LogP contribution in [-0.4, -0.2) is 0 Å². The molecule has 90 valence electrons. The van der Waals surface area contributed by atoms with Crippen LogP contribution in [0.2, 0.25) is 0 Å². The van der Waals surface area contributed by atoms with Crippen LogP contribution in [0.4, 0.5) is 0 Å². The van der Waals surface area contributed by atoms with Gasteiger partial charge in [-0.15, -0.1) is 0 Å². The lowest BCUT2D eigenvalue weighted by Crippen LogP contribution is -2.25. The number of benzene rings is 1. The summed E-state index contributed by atoms with van der Waals surface area (Å²) in [5, 5.41) is 0. The van der Waals surface area contributed by atoms with E-state index in [-0.39, 0.29) is 0 Å². The van der Waals surface area contributed by atoms with Gasteiger partial charge in [0.2, 0.25) is 0 Å². The molecule has 0 nitrogen and oxygen atoms in total. The third-order valence-electron chi connectivity index (χ3n) is 3.46. The van der Waals surface area contributed by atoms with Gasteiger partial charge in [-0.25, -0.2) is 0 Å². The molecular formula is C16H26. The molecule has 0 aliphatic heterocycles. The third-order valence-corrected chi connectivity index (χ3v) is 3.46. The van der Waals surface area contributed by atoms with Gasteiger partial charge in [0.25, 0.3) is 0 Å². The molecule has 0 amide bonds. The molecule has 1 aromatic carbocycles. The minimum absolute atomic E-state index is 0.495. The molecule has 0 saturated carbocycles. The predicted octanol–water partition coefficient (Wildman–Crippen LogP) is 5.18. The number of fused-ring (bicyclic) bond motifs is 1. The Morgan fingerprint density at radius 1 is 1.19 bits per heavy atom. The van der Waals surface area contributed by atoms with Crippen molar-refractivity contribution in [1.29, 1.82) is 0 Å². The molecule has 0 unspecified atom stereocenters. The molecule has 16 heavy (non-hydrogen) atoms. The van der Waals surface area contributed by atoms with Crippen LogP contribution in [0.5, 0.6) is 0 Å². The van der Waals surface area contributed by atoms with E-state index >= 15 is 0 Å². The zero-order valence-corrected chi connectivity index (χ0v) is 11.5. The van der Waals surface area contributed by atoms with E-state index in [2.05, 4.69) is 45.0 Å². The van der Waals surface area contributed by atoms with Gasteiger partial charge >= 0.3 is 0 Å². The van der Waals surface area contributed by atoms with Crippen LogP contribution in [0.25, 0.3) is 0 Å². The molecular weight excluding hydrogens is 192 g/mol. The minimum Gasteiger partial charge on any atom is -0.0683 e. The Bertz CT molecular complexity index is 323. The summed E-state index contributed by atoms with van der Waals surface area (Å²) in [4.78, 5) is 0. The number of rotatable bonds is 1. The van der Waals surface area contributed by atoms with Crippen LogP contribution in [0.1, 0.15) is 64.5 Å². The van der Waals surface area contributed by atoms with Crippen LogP contribution in [0, 0.1) is 5.41 Å². The predicted molar refractivity (Wildman–Crippen MR) is 72.9 cm³/mol. The Kier molecular flexibility index (Phi) is 4.58. The topological polar surface area (TPSA) is 0 Å². The molecule has 0 fully saturated rings. The smallest absolute Gasteiger partial charge is 0.0157 e. The fourth-order valence-corrected chi connectivity index (χ4v) is 2.82. The zero-order valence-electron chi connectivity index (χ0n) is 11.5. The SMILES string of the molecule is CC.CC[C@@H]1CC(C)(C)Cc2ccccc21. The second-order valence-electron chi connectivity index (χ2n) is 5.35. The van der Waals surface area contributed by atoms with Gasteiger partial charge in [-0.3, -0.25) is 0 Å². The van der Waals surface area contributed by atoms with Crippen molar-refractivity contribution < 1.29 is 0 Å². The second kappa shape index (κ2) is 5.52. The monoisotopic (exact) mass is 218 g/mol. The standard InChI is InChI=1S/C14H20.C2H6/c1-4-11-9-14(2,3)10-12-7-5-6-8-13(11)12;1-2/h5-8,11H,4,9-10H2,1-3H3;1-2H3/t11-;/m1./s1. The molecule has 0 spiro atoms. The summed E-state index contributed by atoms with van der Waals surface area (Å²) >= 11 is 0. The maximum Gasteiger partial charge on any atom is -0.0157 e. The van der Waals surface area contributed by atoms with Gasteiger partial charge in [0.05, 0.1) is 0 Å². The zero-order chi connectivity index (χ0) is 12.2. The lowest BCUT2D eigenvalue weighted by Gasteiger charge is -2.36. The van der Waals surface area contributed by atoms with Gasteiger partial charge in [0.1, 0.15) is 0 Å². The van der Waals surface area contributed by atoms with Crippen LogP contribution >= 0.6 is 0 Å². The van der Waals surface area contributed by atoms with E-state index in [0.717, 1.165) is 5.92 Å². The van der Waals surface area contributed by atoms with Crippen molar-refractivity contribution in [3.05, 3.63) is 35.4 Å². The Morgan fingerprint density at radius 3 is 2.44 bits per heavy atom. The fraction of sp³-hybridized carbons (Fsp3) is 0.625. The number of hydrogen-bond donors (Lipinski definition) is 0. The largest absolute Gasteiger partial charge is 0.0683 e. The van der Waals surface area contributed by atoms with Gasteiger partial charge in [-0.05, 0) is 41.7 Å². The van der Waals surface area contributed by atoms with Gasteiger partial charge in [0.15, 0.2) is 0 Å². The fourth-order valence-electron chi connectivity index (χ4n) is 2.82. The normalized spacial score (nSPS) is 21.7. The van der Waals surface area contributed by atoms with E-state index in [9.17, 15) is 0 Å². The highest BCUT2D eigenvalue weighted by Crippen LogP contribution is 2.43. The Morgan fingerprint density at radius 2 is 1.81 bits per heavy atom. The molecule has 0 heteroatoms. The minimum atomic E-state index is 0.495. The molecule has 0 radical (unpaired) electrons. The molecule has 1 aliphatic carbocycles. The van der Waals surface area contributed by atoms with Gasteiger partial charge in [-0.1, -0.05) is 58.9 Å². The highest BCUT2D eigenvalue weighted by Gasteiger charge is 2.30. The quantitative estimate of drug-likeness (QED) is 0.609. The van der Waals surface area contributed by atoms with E-state index < -0.39 is 0 Å². The summed E-state index contributed by atoms with van der Waals surface area (Å²) in [7, 11) is 0. The summed E-state index contributed by atoms with van der Waals surface area (Å²) in [6, 6.07) is 8.98. The van der Waals surface area contributed by atoms with Crippen molar-refractivity contribution in [3.8, 4) is 0 Å². The highest BCUT2D eigenvalue weighted by molar-refractivity contribution is 5.33. The molecule has 0 bridgehead atoms. The lowest BCUT2D eigenvalue weighted by molar-refractivity contribution is 0.277. The van der Waals surface area contributed by atoms with Gasteiger partial charge in [-0.2, -0.15) is 0 Å². The van der Waals surface area contributed by atoms with Crippen LogP contribution in [0.3, 0.4) is 0 Å². The van der Waals surface area contributed by atoms with Crippen LogP contribution < -0.4 is 0 Å². The molecule has 1 atom stereocenters. The summed E-state index contributed by atoms with van der Waals surface area (Å²) in [6.07, 6.45) is 3.88. The molecule has 1 aliphatic rings. The molecule has 0 heterocycles. The molecule has 0 N–H and O–H groups in total. The average molecular weight is 218 g/mol. The van der Waals surface area contributed by atoms with Crippen LogP contribution in [-0.2, 0) is 6.42 Å². The van der Waals surface area contributed by atoms with Crippen molar-refractivity contribution in [2.45, 2.75) is 59.8 Å². The van der Waals surface area contributed by atoms with Crippen LogP contribution in [0.15, 0.2) is 24.3 Å². The first-order chi connectivity index (χ1) is 7.62. The van der Waals surface area contributed by atoms with E-state index in [1.165, 1.54) is 19.3 Å². The Labute approximate surface area is 101 Å². The average Bonchev–Trinajstić information content (AvgIpc) is 2.29. The first kappa shape index (κ1) is 13.3.